The van der Waals surface area contributed by atoms with Crippen LogP contribution in [0, 0.1) is 0 Å². The molecular formula is C60H117NO3. The van der Waals surface area contributed by atoms with Crippen molar-refractivity contribution in [2.24, 2.45) is 0 Å². The molecular weight excluding hydrogens is 783 g/mol. The molecule has 0 bridgehead atoms. The van der Waals surface area contributed by atoms with E-state index in [1.165, 1.54) is 283 Å². The Labute approximate surface area is 402 Å². The molecule has 380 valence electrons. The van der Waals surface area contributed by atoms with Gasteiger partial charge in [-0.25, -0.2) is 0 Å². The first-order valence-corrected chi connectivity index (χ1v) is 29.6. The second-order valence-electron chi connectivity index (χ2n) is 20.4. The first-order chi connectivity index (χ1) is 31.7. The lowest BCUT2D eigenvalue weighted by Crippen LogP contribution is -2.45. The molecule has 0 radical (unpaired) electrons. The van der Waals surface area contributed by atoms with Gasteiger partial charge in [0.15, 0.2) is 0 Å². The predicted molar refractivity (Wildman–Crippen MR) is 286 cm³/mol. The average Bonchev–Trinajstić information content (AvgIpc) is 3.30. The van der Waals surface area contributed by atoms with Crippen LogP contribution < -0.4 is 5.32 Å². The van der Waals surface area contributed by atoms with Gasteiger partial charge < -0.3 is 15.5 Å². The molecule has 0 rings (SSSR count). The molecule has 4 heteroatoms. The van der Waals surface area contributed by atoms with Crippen molar-refractivity contribution in [1.82, 2.24) is 5.32 Å². The van der Waals surface area contributed by atoms with E-state index in [1.54, 1.807) is 6.08 Å². The molecule has 64 heavy (non-hydrogen) atoms. The minimum absolute atomic E-state index is 0.0671. The van der Waals surface area contributed by atoms with Gasteiger partial charge in [-0.15, -0.1) is 0 Å². The maximum atomic E-state index is 12.5. The van der Waals surface area contributed by atoms with Crippen LogP contribution in [0.3, 0.4) is 0 Å². The Morgan fingerprint density at radius 1 is 0.359 bits per heavy atom. The molecule has 2 unspecified atom stereocenters. The molecule has 0 aliphatic heterocycles. The molecule has 0 aliphatic rings. The summed E-state index contributed by atoms with van der Waals surface area (Å²) in [6, 6.07) is -0.636. The van der Waals surface area contributed by atoms with Gasteiger partial charge in [0.05, 0.1) is 18.8 Å². The fraction of sp³-hybridized carbons (Fsp3) is 0.917. The van der Waals surface area contributed by atoms with Crippen molar-refractivity contribution in [2.75, 3.05) is 6.61 Å². The molecule has 0 aromatic carbocycles. The van der Waals surface area contributed by atoms with Crippen LogP contribution in [-0.4, -0.2) is 34.9 Å². The molecule has 0 aliphatic carbocycles. The Balaban J connectivity index is 3.46. The van der Waals surface area contributed by atoms with Crippen molar-refractivity contribution in [2.45, 2.75) is 347 Å². The summed E-state index contributed by atoms with van der Waals surface area (Å²) in [5.74, 6) is -0.0671. The Kier molecular flexibility index (Phi) is 55.2. The van der Waals surface area contributed by atoms with Crippen molar-refractivity contribution < 1.29 is 15.0 Å². The van der Waals surface area contributed by atoms with Gasteiger partial charge in [-0.05, 0) is 32.1 Å². The number of amides is 1. The van der Waals surface area contributed by atoms with Gasteiger partial charge >= 0.3 is 0 Å². The maximum absolute atomic E-state index is 12.5. The molecule has 4 nitrogen and oxygen atoms in total. The number of carbonyl (C=O) groups excluding carboxylic acids is 1. The number of rotatable bonds is 55. The summed E-state index contributed by atoms with van der Waals surface area (Å²) in [4.78, 5) is 12.5. The first-order valence-electron chi connectivity index (χ1n) is 29.6. The van der Waals surface area contributed by atoms with Crippen molar-refractivity contribution in [1.29, 1.82) is 0 Å². The minimum atomic E-state index is -0.860. The van der Waals surface area contributed by atoms with Gasteiger partial charge in [-0.3, -0.25) is 4.79 Å². The Hall–Kier alpha value is -1.13. The molecule has 0 aromatic heterocycles. The van der Waals surface area contributed by atoms with Crippen LogP contribution in [0.2, 0.25) is 0 Å². The minimum Gasteiger partial charge on any atom is -0.394 e. The molecule has 0 fully saturated rings. The molecule has 0 spiro atoms. The number of aliphatic hydroxyl groups excluding tert-OH is 2. The molecule has 0 saturated heterocycles. The van der Waals surface area contributed by atoms with Crippen LogP contribution in [0.1, 0.15) is 335 Å². The van der Waals surface area contributed by atoms with Crippen LogP contribution >= 0.6 is 0 Å². The average molecular weight is 901 g/mol. The number of nitrogens with one attached hydrogen (secondary N) is 1. The van der Waals surface area contributed by atoms with Crippen LogP contribution in [0.5, 0.6) is 0 Å². The van der Waals surface area contributed by atoms with Gasteiger partial charge in [0.2, 0.25) is 5.91 Å². The summed E-state index contributed by atoms with van der Waals surface area (Å²) < 4.78 is 0. The Morgan fingerprint density at radius 3 is 0.906 bits per heavy atom. The number of hydrogen-bond donors (Lipinski definition) is 3. The first kappa shape index (κ1) is 62.9. The summed E-state index contributed by atoms with van der Waals surface area (Å²) in [7, 11) is 0. The summed E-state index contributed by atoms with van der Waals surface area (Å²) in [5, 5.41) is 23.2. The summed E-state index contributed by atoms with van der Waals surface area (Å²) >= 11 is 0. The van der Waals surface area contributed by atoms with E-state index in [0.717, 1.165) is 32.1 Å². The lowest BCUT2D eigenvalue weighted by molar-refractivity contribution is -0.123. The van der Waals surface area contributed by atoms with E-state index in [-0.39, 0.29) is 12.5 Å². The lowest BCUT2D eigenvalue weighted by atomic mass is 10.0. The van der Waals surface area contributed by atoms with E-state index in [9.17, 15) is 15.0 Å². The van der Waals surface area contributed by atoms with E-state index in [1.807, 2.05) is 6.08 Å². The topological polar surface area (TPSA) is 69.6 Å². The maximum Gasteiger partial charge on any atom is 0.220 e. The lowest BCUT2D eigenvalue weighted by Gasteiger charge is -2.19. The van der Waals surface area contributed by atoms with Gasteiger partial charge in [0.25, 0.3) is 0 Å². The molecule has 0 aromatic rings. The fourth-order valence-corrected chi connectivity index (χ4v) is 9.43. The van der Waals surface area contributed by atoms with E-state index in [0.29, 0.717) is 6.42 Å². The highest BCUT2D eigenvalue weighted by molar-refractivity contribution is 5.76. The standard InChI is InChI=1S/C60H117NO3/c1-3-5-7-9-11-13-15-17-19-21-23-24-25-26-27-28-29-30-31-32-33-34-35-36-38-39-41-43-45-47-49-51-53-55-59(63)58(57-62)61-60(64)56-54-52-50-48-46-44-42-40-37-22-20-18-16-14-12-10-8-6-4-2/h45,47,53,55,58-59,62-63H,3-44,46,48-52,54,56-57H2,1-2H3,(H,61,64)/b47-45+,55-53+. The predicted octanol–water partition coefficient (Wildman–Crippen LogP) is 19.5. The highest BCUT2D eigenvalue weighted by atomic mass is 16.3. The largest absolute Gasteiger partial charge is 0.394 e. The molecule has 1 amide bonds. The fourth-order valence-electron chi connectivity index (χ4n) is 9.43. The van der Waals surface area contributed by atoms with Crippen molar-refractivity contribution in [3.63, 3.8) is 0 Å². The van der Waals surface area contributed by atoms with Crippen LogP contribution in [0.15, 0.2) is 24.3 Å². The number of allylic oxidation sites excluding steroid dienone is 3. The van der Waals surface area contributed by atoms with Crippen molar-refractivity contribution in [3.05, 3.63) is 24.3 Å². The van der Waals surface area contributed by atoms with E-state index >= 15 is 0 Å². The third kappa shape index (κ3) is 51.8. The quantitative estimate of drug-likeness (QED) is 0.0421. The number of aliphatic hydroxyl groups is 2. The second-order valence-corrected chi connectivity index (χ2v) is 20.4. The molecule has 0 heterocycles. The summed E-state index contributed by atoms with van der Waals surface area (Å²) in [6.07, 6.45) is 75.1. The Bertz CT molecular complexity index is 932. The zero-order chi connectivity index (χ0) is 46.3. The van der Waals surface area contributed by atoms with Crippen molar-refractivity contribution >= 4 is 5.91 Å². The zero-order valence-corrected chi connectivity index (χ0v) is 43.8. The van der Waals surface area contributed by atoms with Crippen LogP contribution in [0.25, 0.3) is 0 Å². The van der Waals surface area contributed by atoms with Gasteiger partial charge in [-0.1, -0.05) is 321 Å². The SMILES string of the molecule is CCCCCCCCCCCCCCCCCCCCCCCCCCCCC/C=C/CC/C=C/C(O)C(CO)NC(=O)CCCCCCCCCCCCCCCCCCCCC. The molecule has 0 saturated carbocycles. The third-order valence-electron chi connectivity index (χ3n) is 13.9. The summed E-state index contributed by atoms with van der Waals surface area (Å²) in [5.41, 5.74) is 0. The third-order valence-corrected chi connectivity index (χ3v) is 13.9. The number of carbonyl (C=O) groups is 1. The molecule has 2 atom stereocenters. The van der Waals surface area contributed by atoms with Gasteiger partial charge in [0, 0.05) is 6.42 Å². The van der Waals surface area contributed by atoms with E-state index in [4.69, 9.17) is 0 Å². The van der Waals surface area contributed by atoms with Crippen molar-refractivity contribution in [3.8, 4) is 0 Å². The second kappa shape index (κ2) is 56.2. The summed E-state index contributed by atoms with van der Waals surface area (Å²) in [6.45, 7) is 4.34. The number of hydrogen-bond acceptors (Lipinski definition) is 3. The highest BCUT2D eigenvalue weighted by Crippen LogP contribution is 2.18. The monoisotopic (exact) mass is 900 g/mol. The smallest absolute Gasteiger partial charge is 0.220 e. The Morgan fingerprint density at radius 2 is 0.609 bits per heavy atom. The number of unbranched alkanes of at least 4 members (excludes halogenated alkanes) is 46. The van der Waals surface area contributed by atoms with E-state index < -0.39 is 12.1 Å². The normalized spacial score (nSPS) is 12.9. The van der Waals surface area contributed by atoms with Gasteiger partial charge in [-0.2, -0.15) is 0 Å². The van der Waals surface area contributed by atoms with Gasteiger partial charge in [0.1, 0.15) is 0 Å². The highest BCUT2D eigenvalue weighted by Gasteiger charge is 2.18. The van der Waals surface area contributed by atoms with Crippen LogP contribution in [-0.2, 0) is 4.79 Å². The van der Waals surface area contributed by atoms with E-state index in [2.05, 4.69) is 31.3 Å². The van der Waals surface area contributed by atoms with Crippen LogP contribution in [0.4, 0.5) is 0 Å². The zero-order valence-electron chi connectivity index (χ0n) is 43.8. The molecule has 3 N–H and O–H groups in total.